The van der Waals surface area contributed by atoms with Crippen LogP contribution in [0.15, 0.2) is 52.0 Å². The molecule has 0 bridgehead atoms. The van der Waals surface area contributed by atoms with Crippen molar-refractivity contribution in [1.29, 1.82) is 0 Å². The van der Waals surface area contributed by atoms with Crippen molar-refractivity contribution in [3.63, 3.8) is 0 Å². The van der Waals surface area contributed by atoms with Crippen molar-refractivity contribution >= 4 is 17.1 Å². The van der Waals surface area contributed by atoms with Crippen molar-refractivity contribution in [2.75, 3.05) is 6.54 Å². The van der Waals surface area contributed by atoms with Crippen LogP contribution in [0.2, 0.25) is 0 Å². The second-order valence-corrected chi connectivity index (χ2v) is 4.59. The number of aryl methyl sites for hydroxylation is 1. The second kappa shape index (κ2) is 5.14. The number of para-hydroxylation sites is 1. The highest BCUT2D eigenvalue weighted by Gasteiger charge is 2.01. The molecule has 0 saturated heterocycles. The van der Waals surface area contributed by atoms with Crippen LogP contribution in [0.3, 0.4) is 0 Å². The van der Waals surface area contributed by atoms with Crippen molar-refractivity contribution in [1.82, 2.24) is 4.98 Å². The summed E-state index contributed by atoms with van der Waals surface area (Å²) in [6.45, 7) is 2.70. The maximum Gasteiger partial charge on any atom is 0.144 e. The molecule has 3 rings (SSSR count). The lowest BCUT2D eigenvalue weighted by atomic mass is 10.1. The van der Waals surface area contributed by atoms with Gasteiger partial charge in [-0.1, -0.05) is 18.2 Å². The fourth-order valence-corrected chi connectivity index (χ4v) is 2.20. The Hall–Kier alpha value is -2.29. The fourth-order valence-electron chi connectivity index (χ4n) is 2.20. The van der Waals surface area contributed by atoms with Crippen LogP contribution in [0.5, 0.6) is 0 Å². The van der Waals surface area contributed by atoms with E-state index in [1.54, 1.807) is 6.21 Å². The molecule has 2 aromatic heterocycles. The summed E-state index contributed by atoms with van der Waals surface area (Å²) < 4.78 is 5.44. The van der Waals surface area contributed by atoms with Gasteiger partial charge in [0.2, 0.25) is 0 Å². The number of nitrogens with zero attached hydrogens (tertiary/aromatic N) is 1. The highest BCUT2D eigenvalue weighted by Crippen LogP contribution is 2.17. The average Bonchev–Trinajstić information content (AvgIpc) is 3.02. The van der Waals surface area contributed by atoms with E-state index in [2.05, 4.69) is 34.4 Å². The maximum absolute atomic E-state index is 5.44. The van der Waals surface area contributed by atoms with Gasteiger partial charge in [0.25, 0.3) is 0 Å². The van der Waals surface area contributed by atoms with E-state index in [1.807, 2.05) is 25.1 Å². The van der Waals surface area contributed by atoms with E-state index in [1.165, 1.54) is 16.5 Å². The molecule has 3 nitrogen and oxygen atoms in total. The minimum atomic E-state index is 0.765. The van der Waals surface area contributed by atoms with Gasteiger partial charge in [0.1, 0.15) is 11.5 Å². The van der Waals surface area contributed by atoms with Crippen LogP contribution in [0.1, 0.15) is 17.1 Å². The van der Waals surface area contributed by atoms with Crippen LogP contribution in [0, 0.1) is 6.92 Å². The Balaban J connectivity index is 1.65. The van der Waals surface area contributed by atoms with Gasteiger partial charge in [-0.2, -0.15) is 0 Å². The van der Waals surface area contributed by atoms with E-state index in [0.717, 1.165) is 24.5 Å². The summed E-state index contributed by atoms with van der Waals surface area (Å²) in [5.74, 6) is 1.73. The topological polar surface area (TPSA) is 41.3 Å². The third kappa shape index (κ3) is 2.60. The number of aromatic amines is 1. The van der Waals surface area contributed by atoms with Crippen LogP contribution >= 0.6 is 0 Å². The molecule has 1 aromatic carbocycles. The molecule has 0 amide bonds. The van der Waals surface area contributed by atoms with Gasteiger partial charge in [-0.3, -0.25) is 4.99 Å². The van der Waals surface area contributed by atoms with Gasteiger partial charge in [0, 0.05) is 23.6 Å². The van der Waals surface area contributed by atoms with E-state index >= 15 is 0 Å². The molecule has 0 saturated carbocycles. The Labute approximate surface area is 112 Å². The van der Waals surface area contributed by atoms with Crippen molar-refractivity contribution in [3.05, 3.63) is 59.7 Å². The van der Waals surface area contributed by atoms with Gasteiger partial charge in [0.05, 0.1) is 6.21 Å². The number of nitrogens with one attached hydrogen (secondary N) is 1. The van der Waals surface area contributed by atoms with Gasteiger partial charge in [-0.25, -0.2) is 0 Å². The Bertz CT molecular complexity index is 706. The zero-order valence-electron chi connectivity index (χ0n) is 10.9. The molecule has 0 fully saturated rings. The van der Waals surface area contributed by atoms with E-state index in [9.17, 15) is 0 Å². The van der Waals surface area contributed by atoms with Crippen LogP contribution in [-0.2, 0) is 6.42 Å². The summed E-state index contributed by atoms with van der Waals surface area (Å²) in [5, 5.41) is 1.28. The SMILES string of the molecule is Cc1ccc(C=NCCc2c[nH]c3ccccc23)o1. The normalized spacial score (nSPS) is 11.6. The molecule has 0 unspecified atom stereocenters. The molecule has 0 aliphatic rings. The summed E-state index contributed by atoms with van der Waals surface area (Å²) in [6, 6.07) is 12.2. The first-order valence-corrected chi connectivity index (χ1v) is 6.44. The van der Waals surface area contributed by atoms with Gasteiger partial charge in [-0.15, -0.1) is 0 Å². The van der Waals surface area contributed by atoms with Gasteiger partial charge in [-0.05, 0) is 37.1 Å². The zero-order chi connectivity index (χ0) is 13.1. The Morgan fingerprint density at radius 1 is 1.21 bits per heavy atom. The number of hydrogen-bond donors (Lipinski definition) is 1. The molecule has 96 valence electrons. The fraction of sp³-hybridized carbons (Fsp3) is 0.188. The number of hydrogen-bond acceptors (Lipinski definition) is 2. The monoisotopic (exact) mass is 252 g/mol. The summed E-state index contributed by atoms with van der Waals surface area (Å²) in [7, 11) is 0. The molecular formula is C16H16N2O. The number of aromatic nitrogens is 1. The molecule has 3 heteroatoms. The largest absolute Gasteiger partial charge is 0.460 e. The molecule has 0 aliphatic heterocycles. The van der Waals surface area contributed by atoms with Crippen molar-refractivity contribution in [2.24, 2.45) is 4.99 Å². The zero-order valence-corrected chi connectivity index (χ0v) is 10.9. The lowest BCUT2D eigenvalue weighted by molar-refractivity contribution is 0.528. The van der Waals surface area contributed by atoms with Crippen LogP contribution in [-0.4, -0.2) is 17.7 Å². The predicted octanol–water partition coefficient (Wildman–Crippen LogP) is 3.73. The third-order valence-electron chi connectivity index (χ3n) is 3.16. The van der Waals surface area contributed by atoms with Crippen molar-refractivity contribution < 1.29 is 4.42 Å². The summed E-state index contributed by atoms with van der Waals surface area (Å²) in [5.41, 5.74) is 2.49. The van der Waals surface area contributed by atoms with E-state index in [-0.39, 0.29) is 0 Å². The molecular weight excluding hydrogens is 236 g/mol. The van der Waals surface area contributed by atoms with E-state index in [0.29, 0.717) is 0 Å². The minimum Gasteiger partial charge on any atom is -0.460 e. The first kappa shape index (κ1) is 11.8. The van der Waals surface area contributed by atoms with Gasteiger partial charge < -0.3 is 9.40 Å². The molecule has 1 N–H and O–H groups in total. The summed E-state index contributed by atoms with van der Waals surface area (Å²) in [6.07, 6.45) is 4.79. The molecule has 3 aromatic rings. The van der Waals surface area contributed by atoms with Crippen molar-refractivity contribution in [2.45, 2.75) is 13.3 Å². The summed E-state index contributed by atoms with van der Waals surface area (Å²) in [4.78, 5) is 7.68. The number of benzene rings is 1. The molecule has 2 heterocycles. The van der Waals surface area contributed by atoms with Crippen LogP contribution in [0.25, 0.3) is 10.9 Å². The molecule has 0 radical (unpaired) electrons. The quantitative estimate of drug-likeness (QED) is 0.706. The average molecular weight is 252 g/mol. The number of fused-ring (bicyclic) bond motifs is 1. The second-order valence-electron chi connectivity index (χ2n) is 4.59. The Morgan fingerprint density at radius 3 is 2.95 bits per heavy atom. The van der Waals surface area contributed by atoms with Gasteiger partial charge in [0.15, 0.2) is 0 Å². The lowest BCUT2D eigenvalue weighted by Gasteiger charge is -1.95. The highest BCUT2D eigenvalue weighted by molar-refractivity contribution is 5.83. The predicted molar refractivity (Wildman–Crippen MR) is 77.9 cm³/mol. The Morgan fingerprint density at radius 2 is 2.11 bits per heavy atom. The Kier molecular flexibility index (Phi) is 3.19. The summed E-state index contributed by atoms with van der Waals surface area (Å²) >= 11 is 0. The standard InChI is InChI=1S/C16H16N2O/c1-12-6-7-14(19-12)11-17-9-8-13-10-18-16-5-3-2-4-15(13)16/h2-7,10-11,18H,8-9H2,1H3. The third-order valence-corrected chi connectivity index (χ3v) is 3.16. The van der Waals surface area contributed by atoms with Crippen LogP contribution < -0.4 is 0 Å². The van der Waals surface area contributed by atoms with Gasteiger partial charge >= 0.3 is 0 Å². The molecule has 19 heavy (non-hydrogen) atoms. The maximum atomic E-state index is 5.44. The number of rotatable bonds is 4. The van der Waals surface area contributed by atoms with Crippen LogP contribution in [0.4, 0.5) is 0 Å². The molecule has 0 spiro atoms. The first-order chi connectivity index (χ1) is 9.33. The smallest absolute Gasteiger partial charge is 0.144 e. The highest BCUT2D eigenvalue weighted by atomic mass is 16.3. The van der Waals surface area contributed by atoms with Crippen molar-refractivity contribution in [3.8, 4) is 0 Å². The van der Waals surface area contributed by atoms with E-state index in [4.69, 9.17) is 4.42 Å². The number of aliphatic imine (C=N–C) groups is 1. The minimum absolute atomic E-state index is 0.765. The molecule has 0 aliphatic carbocycles. The number of furan rings is 1. The van der Waals surface area contributed by atoms with E-state index < -0.39 is 0 Å². The first-order valence-electron chi connectivity index (χ1n) is 6.44. The lowest BCUT2D eigenvalue weighted by Crippen LogP contribution is -1.89. The number of H-pyrrole nitrogens is 1. The molecule has 0 atom stereocenters.